The Morgan fingerprint density at radius 1 is 1.16 bits per heavy atom. The average Bonchev–Trinajstić information content (AvgIpc) is 2.84. The van der Waals surface area contributed by atoms with Crippen LogP contribution in [-0.2, 0) is 19.1 Å². The molecule has 2 amide bonds. The third-order valence-corrected chi connectivity index (χ3v) is 4.72. The van der Waals surface area contributed by atoms with Crippen LogP contribution in [0.25, 0.3) is 0 Å². The number of aliphatic carboxylic acids is 1. The lowest BCUT2D eigenvalue weighted by atomic mass is 9.83. The van der Waals surface area contributed by atoms with Gasteiger partial charge in [0.1, 0.15) is 0 Å². The fourth-order valence-electron chi connectivity index (χ4n) is 3.57. The molecule has 104 valence electrons. The molecule has 19 heavy (non-hydrogen) atoms. The Bertz CT molecular complexity index is 418. The van der Waals surface area contributed by atoms with Crippen LogP contribution in [0, 0.1) is 11.8 Å². The molecular weight excluding hydrogens is 250 g/mol. The summed E-state index contributed by atoms with van der Waals surface area (Å²) in [5, 5.41) is 9.57. The molecule has 1 saturated carbocycles. The van der Waals surface area contributed by atoms with E-state index in [1.165, 1.54) is 0 Å². The number of carbonyl (C=O) groups excluding carboxylic acids is 2. The van der Waals surface area contributed by atoms with Gasteiger partial charge in [-0.1, -0.05) is 0 Å². The molecule has 6 nitrogen and oxygen atoms in total. The molecule has 2 heterocycles. The summed E-state index contributed by atoms with van der Waals surface area (Å²) < 4.78 is 5.19. The van der Waals surface area contributed by atoms with Crippen LogP contribution in [-0.4, -0.2) is 46.5 Å². The minimum atomic E-state index is -1.38. The zero-order valence-electron chi connectivity index (χ0n) is 10.6. The quantitative estimate of drug-likeness (QED) is 0.732. The second-order valence-electron chi connectivity index (χ2n) is 5.67. The Morgan fingerprint density at radius 2 is 1.68 bits per heavy atom. The molecule has 2 saturated heterocycles. The summed E-state index contributed by atoms with van der Waals surface area (Å²) >= 11 is 0. The molecule has 6 heteroatoms. The Labute approximate surface area is 110 Å². The van der Waals surface area contributed by atoms with Gasteiger partial charge in [-0.05, 0) is 19.3 Å². The standard InChI is InChI=1S/C13H17NO5/c15-10-8-1-2-9(7-8)11(16)14(10)13(12(17)18)3-5-19-6-4-13/h8-9H,1-7H2,(H,17,18). The van der Waals surface area contributed by atoms with Crippen molar-refractivity contribution in [3.05, 3.63) is 0 Å². The van der Waals surface area contributed by atoms with Crippen molar-refractivity contribution in [3.8, 4) is 0 Å². The van der Waals surface area contributed by atoms with E-state index in [0.29, 0.717) is 19.3 Å². The van der Waals surface area contributed by atoms with E-state index in [4.69, 9.17) is 4.74 Å². The van der Waals surface area contributed by atoms with Crippen LogP contribution in [0.4, 0.5) is 0 Å². The molecule has 1 N–H and O–H groups in total. The van der Waals surface area contributed by atoms with Crippen LogP contribution in [0.3, 0.4) is 0 Å². The fourth-order valence-corrected chi connectivity index (χ4v) is 3.57. The van der Waals surface area contributed by atoms with Gasteiger partial charge in [0.15, 0.2) is 5.54 Å². The third kappa shape index (κ3) is 1.69. The van der Waals surface area contributed by atoms with E-state index in [1.54, 1.807) is 0 Å². The largest absolute Gasteiger partial charge is 0.479 e. The molecule has 0 spiro atoms. The highest BCUT2D eigenvalue weighted by molar-refractivity contribution is 6.05. The number of carbonyl (C=O) groups is 3. The molecule has 0 aromatic carbocycles. The SMILES string of the molecule is O=C1C2CCC(C2)C(=O)N1C1(C(=O)O)CCOCC1. The summed E-state index contributed by atoms with van der Waals surface area (Å²) in [7, 11) is 0. The second-order valence-corrected chi connectivity index (χ2v) is 5.67. The number of carboxylic acids is 1. The number of piperidine rings is 1. The van der Waals surface area contributed by atoms with Gasteiger partial charge in [-0.15, -0.1) is 0 Å². The second kappa shape index (κ2) is 4.30. The van der Waals surface area contributed by atoms with Crippen molar-refractivity contribution in [2.24, 2.45) is 11.8 Å². The van der Waals surface area contributed by atoms with Gasteiger partial charge in [-0.25, -0.2) is 4.79 Å². The predicted molar refractivity (Wildman–Crippen MR) is 63.1 cm³/mol. The monoisotopic (exact) mass is 267 g/mol. The topological polar surface area (TPSA) is 83.9 Å². The van der Waals surface area contributed by atoms with E-state index in [-0.39, 0.29) is 49.7 Å². The number of amides is 2. The number of hydrogen-bond acceptors (Lipinski definition) is 4. The number of carboxylic acid groups (broad SMARTS) is 1. The van der Waals surface area contributed by atoms with Crippen molar-refractivity contribution in [2.75, 3.05) is 13.2 Å². The van der Waals surface area contributed by atoms with E-state index in [1.807, 2.05) is 0 Å². The lowest BCUT2D eigenvalue weighted by molar-refractivity contribution is -0.178. The van der Waals surface area contributed by atoms with E-state index >= 15 is 0 Å². The molecule has 0 radical (unpaired) electrons. The van der Waals surface area contributed by atoms with E-state index in [9.17, 15) is 19.5 Å². The lowest BCUT2D eigenvalue weighted by Gasteiger charge is -2.44. The van der Waals surface area contributed by atoms with Gasteiger partial charge in [-0.2, -0.15) is 0 Å². The molecule has 3 rings (SSSR count). The van der Waals surface area contributed by atoms with E-state index < -0.39 is 11.5 Å². The summed E-state index contributed by atoms with van der Waals surface area (Å²) in [6, 6.07) is 0. The number of imide groups is 1. The van der Waals surface area contributed by atoms with Crippen LogP contribution < -0.4 is 0 Å². The zero-order chi connectivity index (χ0) is 13.6. The zero-order valence-corrected chi connectivity index (χ0v) is 10.6. The molecule has 0 aromatic heterocycles. The summed E-state index contributed by atoms with van der Waals surface area (Å²) in [5.74, 6) is -1.99. The maximum atomic E-state index is 12.4. The highest BCUT2D eigenvalue weighted by Gasteiger charge is 2.57. The maximum Gasteiger partial charge on any atom is 0.330 e. The molecule has 3 fully saturated rings. The molecule has 3 aliphatic rings. The first-order valence-corrected chi connectivity index (χ1v) is 6.75. The van der Waals surface area contributed by atoms with Crippen molar-refractivity contribution in [1.29, 1.82) is 0 Å². The van der Waals surface area contributed by atoms with Gasteiger partial charge >= 0.3 is 5.97 Å². The number of fused-ring (bicyclic) bond motifs is 2. The maximum absolute atomic E-state index is 12.4. The van der Waals surface area contributed by atoms with Crippen molar-refractivity contribution < 1.29 is 24.2 Å². The Hall–Kier alpha value is -1.43. The number of likely N-dealkylation sites (tertiary alicyclic amines) is 1. The van der Waals surface area contributed by atoms with Crippen molar-refractivity contribution in [3.63, 3.8) is 0 Å². The Morgan fingerprint density at radius 3 is 2.16 bits per heavy atom. The Balaban J connectivity index is 1.99. The number of nitrogens with zero attached hydrogens (tertiary/aromatic N) is 1. The van der Waals surface area contributed by atoms with E-state index in [2.05, 4.69) is 0 Å². The molecule has 2 bridgehead atoms. The van der Waals surface area contributed by atoms with Crippen molar-refractivity contribution >= 4 is 17.8 Å². The molecule has 1 aliphatic carbocycles. The summed E-state index contributed by atoms with van der Waals surface area (Å²) in [4.78, 5) is 37.6. The highest BCUT2D eigenvalue weighted by atomic mass is 16.5. The number of rotatable bonds is 2. The van der Waals surface area contributed by atoms with Gasteiger partial charge in [-0.3, -0.25) is 14.5 Å². The van der Waals surface area contributed by atoms with Gasteiger partial charge < -0.3 is 9.84 Å². The van der Waals surface area contributed by atoms with Gasteiger partial charge in [0.25, 0.3) is 0 Å². The van der Waals surface area contributed by atoms with Crippen LogP contribution >= 0.6 is 0 Å². The van der Waals surface area contributed by atoms with Crippen LogP contribution in [0.5, 0.6) is 0 Å². The first kappa shape index (κ1) is 12.6. The summed E-state index contributed by atoms with van der Waals surface area (Å²) in [6.07, 6.45) is 2.40. The van der Waals surface area contributed by atoms with Crippen LogP contribution in [0.2, 0.25) is 0 Å². The average molecular weight is 267 g/mol. The lowest BCUT2D eigenvalue weighted by Crippen LogP contribution is -2.64. The summed E-state index contributed by atoms with van der Waals surface area (Å²) in [5.41, 5.74) is -1.38. The number of ether oxygens (including phenoxy) is 1. The van der Waals surface area contributed by atoms with Gasteiger partial charge in [0, 0.05) is 37.9 Å². The van der Waals surface area contributed by atoms with Crippen LogP contribution in [0.15, 0.2) is 0 Å². The predicted octanol–water partition coefficient (Wildman–Crippen LogP) is 0.405. The first-order chi connectivity index (χ1) is 9.06. The molecule has 2 unspecified atom stereocenters. The minimum absolute atomic E-state index is 0.165. The van der Waals surface area contributed by atoms with Crippen molar-refractivity contribution in [2.45, 2.75) is 37.6 Å². The molecule has 2 aliphatic heterocycles. The molecular formula is C13H17NO5. The normalized spacial score (nSPS) is 33.6. The molecule has 2 atom stereocenters. The fraction of sp³-hybridized carbons (Fsp3) is 0.769. The first-order valence-electron chi connectivity index (χ1n) is 6.75. The van der Waals surface area contributed by atoms with Crippen molar-refractivity contribution in [1.82, 2.24) is 4.90 Å². The van der Waals surface area contributed by atoms with Crippen LogP contribution in [0.1, 0.15) is 32.1 Å². The van der Waals surface area contributed by atoms with E-state index in [0.717, 1.165) is 4.90 Å². The summed E-state index contributed by atoms with van der Waals surface area (Å²) in [6.45, 7) is 0.553. The Kier molecular flexibility index (Phi) is 2.85. The smallest absolute Gasteiger partial charge is 0.330 e. The molecule has 0 aromatic rings. The van der Waals surface area contributed by atoms with Gasteiger partial charge in [0.2, 0.25) is 11.8 Å². The highest BCUT2D eigenvalue weighted by Crippen LogP contribution is 2.43. The minimum Gasteiger partial charge on any atom is -0.479 e. The third-order valence-electron chi connectivity index (χ3n) is 4.72. The van der Waals surface area contributed by atoms with Gasteiger partial charge in [0.05, 0.1) is 0 Å². The number of hydrogen-bond donors (Lipinski definition) is 1.